The first kappa shape index (κ1) is 14.5. The molecule has 0 fully saturated rings. The molecule has 0 radical (unpaired) electrons. The van der Waals surface area contributed by atoms with Gasteiger partial charge in [0, 0.05) is 23.5 Å². The van der Waals surface area contributed by atoms with E-state index in [1.165, 1.54) is 11.3 Å². The highest BCUT2D eigenvalue weighted by molar-refractivity contribution is 7.19. The summed E-state index contributed by atoms with van der Waals surface area (Å²) in [6.45, 7) is 4.13. The molecule has 118 valence electrons. The molecule has 4 aromatic rings. The maximum Gasteiger partial charge on any atom is 0.235 e. The summed E-state index contributed by atoms with van der Waals surface area (Å²) >= 11 is 1.48. The number of nitrogens with zero attached hydrogens (tertiary/aromatic N) is 5. The zero-order valence-corrected chi connectivity index (χ0v) is 13.5. The van der Waals surface area contributed by atoms with Crippen LogP contribution < -0.4 is 4.74 Å². The number of rotatable bonds is 5. The highest BCUT2D eigenvalue weighted by Crippen LogP contribution is 2.29. The van der Waals surface area contributed by atoms with Crippen molar-refractivity contribution in [3.63, 3.8) is 0 Å². The number of fused-ring (bicyclic) bond motifs is 1. The molecule has 0 unspecified atom stereocenters. The van der Waals surface area contributed by atoms with Gasteiger partial charge in [0.05, 0.1) is 0 Å². The first-order valence-corrected chi connectivity index (χ1v) is 8.13. The van der Waals surface area contributed by atoms with Crippen LogP contribution in [-0.4, -0.2) is 31.4 Å². The van der Waals surface area contributed by atoms with Gasteiger partial charge in [0.15, 0.2) is 5.82 Å². The minimum absolute atomic E-state index is 0.472. The number of pyridine rings is 1. The molecule has 3 aromatic heterocycles. The van der Waals surface area contributed by atoms with Crippen LogP contribution in [0.3, 0.4) is 0 Å². The molecule has 3 heterocycles. The van der Waals surface area contributed by atoms with E-state index in [9.17, 15) is 0 Å². The number of aromatic nitrogens is 5. The van der Waals surface area contributed by atoms with Gasteiger partial charge in [0.1, 0.15) is 17.4 Å². The van der Waals surface area contributed by atoms with Crippen LogP contribution in [0.5, 0.6) is 5.75 Å². The van der Waals surface area contributed by atoms with Crippen LogP contribution in [-0.2, 0) is 0 Å². The van der Waals surface area contributed by atoms with Gasteiger partial charge in [-0.05, 0) is 24.3 Å². The van der Waals surface area contributed by atoms with Crippen LogP contribution in [0, 0.1) is 0 Å². The monoisotopic (exact) mass is 335 g/mol. The Morgan fingerprint density at radius 2 is 2.08 bits per heavy atom. The maximum absolute atomic E-state index is 5.58. The first-order chi connectivity index (χ1) is 11.8. The van der Waals surface area contributed by atoms with Crippen molar-refractivity contribution in [3.8, 4) is 27.7 Å². The highest BCUT2D eigenvalue weighted by atomic mass is 32.1. The van der Waals surface area contributed by atoms with E-state index < -0.39 is 0 Å². The standard InChI is InChI=1S/C17H13N5OS/c1-2-9-23-14-7-3-5-12(10-14)16-21-22-15(19-20-17(22)24-16)13-6-4-8-18-11-13/h2-8,10-11H,1,9H2. The number of ether oxygens (including phenoxy) is 1. The Bertz CT molecular complexity index is 993. The molecule has 0 bridgehead atoms. The molecule has 0 amide bonds. The summed E-state index contributed by atoms with van der Waals surface area (Å²) in [6.07, 6.45) is 5.19. The average molecular weight is 335 g/mol. The zero-order valence-electron chi connectivity index (χ0n) is 12.7. The van der Waals surface area contributed by atoms with Crippen LogP contribution in [0.2, 0.25) is 0 Å². The largest absolute Gasteiger partial charge is 0.490 e. The molecule has 0 saturated carbocycles. The summed E-state index contributed by atoms with van der Waals surface area (Å²) in [4.78, 5) is 4.86. The third-order valence-electron chi connectivity index (χ3n) is 3.36. The Morgan fingerprint density at radius 1 is 1.17 bits per heavy atom. The van der Waals surface area contributed by atoms with Crippen molar-refractivity contribution in [2.45, 2.75) is 0 Å². The molecule has 6 nitrogen and oxygen atoms in total. The van der Waals surface area contributed by atoms with Crippen molar-refractivity contribution in [1.29, 1.82) is 0 Å². The summed E-state index contributed by atoms with van der Waals surface area (Å²) in [7, 11) is 0. The topological polar surface area (TPSA) is 65.2 Å². The SMILES string of the molecule is C=CCOc1cccc(-c2nn3c(-c4cccnc4)nnc3s2)c1. The number of hydrogen-bond donors (Lipinski definition) is 0. The molecule has 0 N–H and O–H groups in total. The molecule has 1 aromatic carbocycles. The van der Waals surface area contributed by atoms with Crippen LogP contribution in [0.25, 0.3) is 26.9 Å². The molecule has 0 atom stereocenters. The van der Waals surface area contributed by atoms with E-state index in [0.717, 1.165) is 26.8 Å². The van der Waals surface area contributed by atoms with Crippen molar-refractivity contribution in [3.05, 3.63) is 61.4 Å². The average Bonchev–Trinajstić information content (AvgIpc) is 3.21. The molecule has 24 heavy (non-hydrogen) atoms. The van der Waals surface area contributed by atoms with Gasteiger partial charge >= 0.3 is 0 Å². The van der Waals surface area contributed by atoms with Crippen molar-refractivity contribution >= 4 is 16.3 Å². The van der Waals surface area contributed by atoms with Crippen LogP contribution >= 0.6 is 11.3 Å². The fourth-order valence-corrected chi connectivity index (χ4v) is 3.12. The molecular weight excluding hydrogens is 322 g/mol. The summed E-state index contributed by atoms with van der Waals surface area (Å²) in [5, 5.41) is 13.9. The Balaban J connectivity index is 1.74. The lowest BCUT2D eigenvalue weighted by molar-refractivity contribution is 0.363. The molecule has 7 heteroatoms. The zero-order chi connectivity index (χ0) is 16.4. The summed E-state index contributed by atoms with van der Waals surface area (Å²) in [5.74, 6) is 1.46. The van der Waals surface area contributed by atoms with Gasteiger partial charge in [-0.25, -0.2) is 0 Å². The van der Waals surface area contributed by atoms with E-state index in [2.05, 4.69) is 26.9 Å². The van der Waals surface area contributed by atoms with Crippen molar-refractivity contribution in [2.75, 3.05) is 6.61 Å². The molecular formula is C17H13N5OS. The minimum atomic E-state index is 0.472. The fraction of sp³-hybridized carbons (Fsp3) is 0.0588. The predicted octanol–water partition coefficient (Wildman–Crippen LogP) is 3.48. The van der Waals surface area contributed by atoms with Gasteiger partial charge in [-0.2, -0.15) is 9.61 Å². The highest BCUT2D eigenvalue weighted by Gasteiger charge is 2.14. The van der Waals surface area contributed by atoms with Gasteiger partial charge in [-0.3, -0.25) is 4.98 Å². The predicted molar refractivity (Wildman–Crippen MR) is 93.0 cm³/mol. The maximum atomic E-state index is 5.58. The molecule has 4 rings (SSSR count). The lowest BCUT2D eigenvalue weighted by Crippen LogP contribution is -1.93. The Morgan fingerprint density at radius 3 is 2.92 bits per heavy atom. The minimum Gasteiger partial charge on any atom is -0.490 e. The quantitative estimate of drug-likeness (QED) is 0.522. The normalized spacial score (nSPS) is 10.8. The van der Waals surface area contributed by atoms with E-state index in [1.54, 1.807) is 23.0 Å². The van der Waals surface area contributed by atoms with Gasteiger partial charge in [-0.15, -0.1) is 10.2 Å². The second-order valence-corrected chi connectivity index (χ2v) is 5.95. The Hall–Kier alpha value is -3.06. The second-order valence-electron chi connectivity index (χ2n) is 4.99. The van der Waals surface area contributed by atoms with Gasteiger partial charge in [0.2, 0.25) is 4.96 Å². The third-order valence-corrected chi connectivity index (χ3v) is 4.31. The van der Waals surface area contributed by atoms with E-state index in [1.807, 2.05) is 36.4 Å². The van der Waals surface area contributed by atoms with E-state index in [-0.39, 0.29) is 0 Å². The molecule has 0 aliphatic rings. The third kappa shape index (κ3) is 2.65. The van der Waals surface area contributed by atoms with Gasteiger partial charge in [-0.1, -0.05) is 36.1 Å². The molecule has 0 saturated heterocycles. The second kappa shape index (κ2) is 6.21. The van der Waals surface area contributed by atoms with Gasteiger partial charge in [0.25, 0.3) is 0 Å². The molecule has 0 aliphatic carbocycles. The number of hydrogen-bond acceptors (Lipinski definition) is 6. The molecule has 0 aliphatic heterocycles. The summed E-state index contributed by atoms with van der Waals surface area (Å²) in [6, 6.07) is 11.6. The lowest BCUT2D eigenvalue weighted by atomic mass is 10.2. The van der Waals surface area contributed by atoms with Gasteiger partial charge < -0.3 is 4.74 Å². The van der Waals surface area contributed by atoms with Crippen molar-refractivity contribution in [1.82, 2.24) is 24.8 Å². The van der Waals surface area contributed by atoms with Crippen LogP contribution in [0.15, 0.2) is 61.4 Å². The Labute approximate surface area is 142 Å². The van der Waals surface area contributed by atoms with E-state index in [0.29, 0.717) is 12.4 Å². The smallest absolute Gasteiger partial charge is 0.235 e. The molecule has 0 spiro atoms. The first-order valence-electron chi connectivity index (χ1n) is 7.32. The van der Waals surface area contributed by atoms with E-state index >= 15 is 0 Å². The van der Waals surface area contributed by atoms with Crippen molar-refractivity contribution in [2.24, 2.45) is 0 Å². The van der Waals surface area contributed by atoms with Crippen LogP contribution in [0.1, 0.15) is 0 Å². The Kier molecular flexibility index (Phi) is 3.76. The van der Waals surface area contributed by atoms with Crippen LogP contribution in [0.4, 0.5) is 0 Å². The van der Waals surface area contributed by atoms with Crippen molar-refractivity contribution < 1.29 is 4.74 Å². The van der Waals surface area contributed by atoms with E-state index in [4.69, 9.17) is 4.74 Å². The summed E-state index contributed by atoms with van der Waals surface area (Å²) in [5.41, 5.74) is 1.86. The lowest BCUT2D eigenvalue weighted by Gasteiger charge is -2.04. The fourth-order valence-electron chi connectivity index (χ4n) is 2.28. The summed E-state index contributed by atoms with van der Waals surface area (Å²) < 4.78 is 7.33. The number of benzene rings is 1.